The van der Waals surface area contributed by atoms with Gasteiger partial charge in [-0.1, -0.05) is 35.9 Å². The fourth-order valence-corrected chi connectivity index (χ4v) is 3.92. The first-order valence-electron chi connectivity index (χ1n) is 9.52. The van der Waals surface area contributed by atoms with Crippen LogP contribution in [0.3, 0.4) is 0 Å². The van der Waals surface area contributed by atoms with Crippen molar-refractivity contribution in [3.63, 3.8) is 0 Å². The van der Waals surface area contributed by atoms with Gasteiger partial charge in [-0.15, -0.1) is 0 Å². The number of carbonyl (C=O) groups is 1. The number of benzene rings is 2. The number of aryl methyl sites for hydroxylation is 2. The highest BCUT2D eigenvalue weighted by Crippen LogP contribution is 2.31. The number of hydrogen-bond acceptors (Lipinski definition) is 3. The summed E-state index contributed by atoms with van der Waals surface area (Å²) in [5.41, 5.74) is 4.24. The first kappa shape index (κ1) is 20.2. The molecule has 0 unspecified atom stereocenters. The molecule has 3 rings (SSSR count). The van der Waals surface area contributed by atoms with E-state index in [1.54, 1.807) is 17.9 Å². The van der Waals surface area contributed by atoms with Crippen molar-refractivity contribution in [2.24, 2.45) is 0 Å². The lowest BCUT2D eigenvalue weighted by molar-refractivity contribution is 0.192. The number of carbonyl (C=O) groups excluding carboxylic acids is 1. The number of amides is 2. The molecule has 1 saturated heterocycles. The Morgan fingerprint density at radius 2 is 1.68 bits per heavy atom. The largest absolute Gasteiger partial charge is 0.324 e. The quantitative estimate of drug-likeness (QED) is 0.798. The lowest BCUT2D eigenvalue weighted by atomic mass is 10.1. The van der Waals surface area contributed by atoms with Crippen LogP contribution >= 0.6 is 0 Å². The molecule has 1 aliphatic rings. The molecular weight excluding hydrogens is 374 g/mol. The van der Waals surface area contributed by atoms with Crippen LogP contribution in [0, 0.1) is 13.8 Å². The van der Waals surface area contributed by atoms with Crippen molar-refractivity contribution < 1.29 is 13.2 Å². The van der Waals surface area contributed by atoms with Gasteiger partial charge in [-0.2, -0.15) is 0 Å². The monoisotopic (exact) mass is 401 g/mol. The average molecular weight is 402 g/mol. The molecule has 1 N–H and O–H groups in total. The van der Waals surface area contributed by atoms with Gasteiger partial charge < -0.3 is 4.90 Å². The molecule has 28 heavy (non-hydrogen) atoms. The Morgan fingerprint density at radius 1 is 1.00 bits per heavy atom. The van der Waals surface area contributed by atoms with Crippen LogP contribution < -0.4 is 9.62 Å². The highest BCUT2D eigenvalue weighted by Gasteiger charge is 2.29. The van der Waals surface area contributed by atoms with Gasteiger partial charge in [0.25, 0.3) is 0 Å². The fraction of sp³-hybridized carbons (Fsp3) is 0.381. The van der Waals surface area contributed by atoms with Crippen molar-refractivity contribution in [2.75, 3.05) is 28.5 Å². The highest BCUT2D eigenvalue weighted by molar-refractivity contribution is 7.92. The van der Waals surface area contributed by atoms with Crippen LogP contribution in [0.15, 0.2) is 42.5 Å². The van der Waals surface area contributed by atoms with Gasteiger partial charge in [-0.25, -0.2) is 13.2 Å². The third kappa shape index (κ3) is 4.65. The van der Waals surface area contributed by atoms with Crippen molar-refractivity contribution in [1.82, 2.24) is 4.90 Å². The van der Waals surface area contributed by atoms with E-state index in [1.807, 2.05) is 55.1 Å². The van der Waals surface area contributed by atoms with Gasteiger partial charge in [-0.05, 0) is 50.5 Å². The van der Waals surface area contributed by atoms with E-state index < -0.39 is 10.0 Å². The molecule has 0 aromatic heterocycles. The lowest BCUT2D eigenvalue weighted by Crippen LogP contribution is -2.49. The molecule has 1 aliphatic heterocycles. The van der Waals surface area contributed by atoms with E-state index in [0.717, 1.165) is 17.5 Å². The third-order valence-electron chi connectivity index (χ3n) is 4.89. The smallest absolute Gasteiger partial charge is 0.320 e. The Labute approximate surface area is 167 Å². The summed E-state index contributed by atoms with van der Waals surface area (Å²) in [4.78, 5) is 16.6. The number of nitrogens with one attached hydrogen (secondary N) is 1. The molecule has 150 valence electrons. The zero-order valence-corrected chi connectivity index (χ0v) is 17.4. The SMILES string of the molecule is CCS(=O)(=O)Nc1cc(C)ccc1N1CCCN(Cc2ccc(C)cc2)C1=O. The average Bonchev–Trinajstić information content (AvgIpc) is 2.65. The zero-order valence-electron chi connectivity index (χ0n) is 16.6. The summed E-state index contributed by atoms with van der Waals surface area (Å²) >= 11 is 0. The Bertz CT molecular complexity index is 955. The summed E-state index contributed by atoms with van der Waals surface area (Å²) in [7, 11) is -3.44. The predicted octanol–water partition coefficient (Wildman–Crippen LogP) is 3.90. The molecule has 2 aromatic rings. The van der Waals surface area contributed by atoms with Gasteiger partial charge in [-0.3, -0.25) is 9.62 Å². The number of anilines is 2. The van der Waals surface area contributed by atoms with Crippen LogP contribution in [-0.4, -0.2) is 38.2 Å². The Kier molecular flexibility index (Phi) is 5.93. The molecule has 6 nitrogen and oxygen atoms in total. The van der Waals surface area contributed by atoms with Crippen molar-refractivity contribution >= 4 is 27.4 Å². The first-order chi connectivity index (χ1) is 13.3. The topological polar surface area (TPSA) is 69.7 Å². The van der Waals surface area contributed by atoms with Crippen LogP contribution in [-0.2, 0) is 16.6 Å². The molecule has 0 bridgehead atoms. The maximum Gasteiger partial charge on any atom is 0.324 e. The molecule has 1 fully saturated rings. The van der Waals surface area contributed by atoms with Gasteiger partial charge >= 0.3 is 6.03 Å². The summed E-state index contributed by atoms with van der Waals surface area (Å²) < 4.78 is 26.8. The van der Waals surface area contributed by atoms with E-state index in [1.165, 1.54) is 5.56 Å². The summed E-state index contributed by atoms with van der Waals surface area (Å²) in [5, 5.41) is 0. The second-order valence-electron chi connectivity index (χ2n) is 7.22. The van der Waals surface area contributed by atoms with E-state index in [9.17, 15) is 13.2 Å². The van der Waals surface area contributed by atoms with Gasteiger partial charge in [0.15, 0.2) is 0 Å². The van der Waals surface area contributed by atoms with Crippen molar-refractivity contribution in [1.29, 1.82) is 0 Å². The molecular formula is C21H27N3O3S. The second kappa shape index (κ2) is 8.22. The second-order valence-corrected chi connectivity index (χ2v) is 9.23. The normalized spacial score (nSPS) is 15.0. The predicted molar refractivity (Wildman–Crippen MR) is 113 cm³/mol. The molecule has 1 heterocycles. The molecule has 7 heteroatoms. The number of nitrogens with zero attached hydrogens (tertiary/aromatic N) is 2. The Morgan fingerprint density at radius 3 is 2.36 bits per heavy atom. The third-order valence-corrected chi connectivity index (χ3v) is 6.18. The molecule has 2 amide bonds. The number of urea groups is 1. The molecule has 0 spiro atoms. The maximum absolute atomic E-state index is 13.1. The van der Waals surface area contributed by atoms with Crippen molar-refractivity contribution in [3.05, 3.63) is 59.2 Å². The maximum atomic E-state index is 13.1. The molecule has 0 saturated carbocycles. The van der Waals surface area contributed by atoms with Gasteiger partial charge in [0.2, 0.25) is 10.0 Å². The van der Waals surface area contributed by atoms with Crippen molar-refractivity contribution in [3.8, 4) is 0 Å². The molecule has 2 aromatic carbocycles. The van der Waals surface area contributed by atoms with E-state index in [2.05, 4.69) is 4.72 Å². The first-order valence-corrected chi connectivity index (χ1v) is 11.2. The summed E-state index contributed by atoms with van der Waals surface area (Å²) in [6.45, 7) is 7.31. The molecule has 0 atom stereocenters. The minimum atomic E-state index is -3.44. The van der Waals surface area contributed by atoms with E-state index in [0.29, 0.717) is 31.0 Å². The number of rotatable bonds is 6. The van der Waals surface area contributed by atoms with Crippen LogP contribution in [0.25, 0.3) is 0 Å². The van der Waals surface area contributed by atoms with Crippen LogP contribution in [0.2, 0.25) is 0 Å². The summed E-state index contributed by atoms with van der Waals surface area (Å²) in [6, 6.07) is 13.5. The van der Waals surface area contributed by atoms with Gasteiger partial charge in [0, 0.05) is 19.6 Å². The van der Waals surface area contributed by atoms with Crippen LogP contribution in [0.5, 0.6) is 0 Å². The fourth-order valence-electron chi connectivity index (χ4n) is 3.27. The van der Waals surface area contributed by atoms with Gasteiger partial charge in [0.05, 0.1) is 17.1 Å². The van der Waals surface area contributed by atoms with Crippen LogP contribution in [0.1, 0.15) is 30.0 Å². The minimum Gasteiger partial charge on any atom is -0.320 e. The Balaban J connectivity index is 1.86. The minimum absolute atomic E-state index is 0.0200. The summed E-state index contributed by atoms with van der Waals surface area (Å²) in [5.74, 6) is -0.0200. The number of sulfonamides is 1. The zero-order chi connectivity index (χ0) is 20.3. The van der Waals surface area contributed by atoms with E-state index >= 15 is 0 Å². The highest BCUT2D eigenvalue weighted by atomic mass is 32.2. The van der Waals surface area contributed by atoms with Crippen molar-refractivity contribution in [2.45, 2.75) is 33.7 Å². The van der Waals surface area contributed by atoms with Gasteiger partial charge in [0.1, 0.15) is 0 Å². The summed E-state index contributed by atoms with van der Waals surface area (Å²) in [6.07, 6.45) is 0.825. The Hall–Kier alpha value is -2.54. The lowest BCUT2D eigenvalue weighted by Gasteiger charge is -2.36. The van der Waals surface area contributed by atoms with E-state index in [-0.39, 0.29) is 11.8 Å². The molecule has 0 radical (unpaired) electrons. The van der Waals surface area contributed by atoms with Crippen LogP contribution in [0.4, 0.5) is 16.2 Å². The van der Waals surface area contributed by atoms with E-state index in [4.69, 9.17) is 0 Å². The number of hydrogen-bond donors (Lipinski definition) is 1. The standard InChI is InChI=1S/C21H27N3O3S/c1-4-28(26,27)22-19-14-17(3)8-11-20(19)24-13-5-12-23(21(24)25)15-18-9-6-16(2)7-10-18/h6-11,14,22H,4-5,12-13,15H2,1-3H3. The molecule has 0 aliphatic carbocycles.